The van der Waals surface area contributed by atoms with Gasteiger partial charge in [-0.25, -0.2) is 0 Å². The number of carbonyl (C=O) groups excluding carboxylic acids is 1. The highest BCUT2D eigenvalue weighted by atomic mass is 79.9. The predicted molar refractivity (Wildman–Crippen MR) is 103 cm³/mol. The van der Waals surface area contributed by atoms with Crippen LogP contribution in [0.15, 0.2) is 27.3 Å². The second kappa shape index (κ2) is 7.81. The van der Waals surface area contributed by atoms with E-state index in [-0.39, 0.29) is 5.91 Å². The zero-order valence-electron chi connectivity index (χ0n) is 13.9. The highest BCUT2D eigenvalue weighted by Crippen LogP contribution is 2.30. The Balaban J connectivity index is 2.05. The van der Waals surface area contributed by atoms with Gasteiger partial charge in [0.05, 0.1) is 5.56 Å². The number of aromatic nitrogens is 1. The Kier molecular flexibility index (Phi) is 6.28. The Morgan fingerprint density at radius 1 is 1.17 bits per heavy atom. The molecule has 0 aliphatic heterocycles. The van der Waals surface area contributed by atoms with Gasteiger partial charge < -0.3 is 10.3 Å². The molecule has 0 spiro atoms. The first kappa shape index (κ1) is 18.5. The average molecular weight is 445 g/mol. The third-order valence-electron chi connectivity index (χ3n) is 3.95. The lowest BCUT2D eigenvalue weighted by atomic mass is 10.1. The van der Waals surface area contributed by atoms with Gasteiger partial charge in [-0.05, 0) is 71.7 Å². The van der Waals surface area contributed by atoms with E-state index in [2.05, 4.69) is 74.8 Å². The Morgan fingerprint density at radius 2 is 1.78 bits per heavy atom. The standard InChI is InChI=1S/C17H23Br2N3O/c1-10(2)22(11(3)4)6-5-20-17(23)13-9-21-16-8-15(19)14(18)7-12(13)16/h7-11,21H,5-6H2,1-4H3,(H,20,23). The molecule has 4 nitrogen and oxygen atoms in total. The summed E-state index contributed by atoms with van der Waals surface area (Å²) in [6, 6.07) is 4.86. The van der Waals surface area contributed by atoms with Crippen molar-refractivity contribution in [3.63, 3.8) is 0 Å². The Bertz CT molecular complexity index is 686. The van der Waals surface area contributed by atoms with Gasteiger partial charge in [0, 0.05) is 51.2 Å². The second-order valence-corrected chi connectivity index (χ2v) is 7.90. The monoisotopic (exact) mass is 443 g/mol. The minimum Gasteiger partial charge on any atom is -0.360 e. The summed E-state index contributed by atoms with van der Waals surface area (Å²) in [4.78, 5) is 18.0. The minimum absolute atomic E-state index is 0.0436. The number of fused-ring (bicyclic) bond motifs is 1. The number of rotatable bonds is 6. The van der Waals surface area contributed by atoms with Gasteiger partial charge in [-0.3, -0.25) is 9.69 Å². The number of amides is 1. The first-order valence-corrected chi connectivity index (χ1v) is 9.40. The maximum atomic E-state index is 12.5. The minimum atomic E-state index is -0.0436. The highest BCUT2D eigenvalue weighted by Gasteiger charge is 2.16. The van der Waals surface area contributed by atoms with Crippen LogP contribution in [0, 0.1) is 0 Å². The van der Waals surface area contributed by atoms with Crippen molar-refractivity contribution >= 4 is 48.7 Å². The summed E-state index contributed by atoms with van der Waals surface area (Å²) in [5.41, 5.74) is 1.62. The van der Waals surface area contributed by atoms with E-state index < -0.39 is 0 Å². The van der Waals surface area contributed by atoms with E-state index in [9.17, 15) is 4.79 Å². The molecule has 0 unspecified atom stereocenters. The van der Waals surface area contributed by atoms with Crippen LogP contribution in [0.2, 0.25) is 0 Å². The molecule has 0 atom stereocenters. The van der Waals surface area contributed by atoms with Gasteiger partial charge in [-0.1, -0.05) is 0 Å². The lowest BCUT2D eigenvalue weighted by molar-refractivity contribution is 0.0941. The Hall–Kier alpha value is -0.850. The van der Waals surface area contributed by atoms with E-state index in [1.807, 2.05) is 12.1 Å². The zero-order valence-corrected chi connectivity index (χ0v) is 17.1. The summed E-state index contributed by atoms with van der Waals surface area (Å²) in [6.45, 7) is 10.2. The van der Waals surface area contributed by atoms with Crippen LogP contribution in [0.1, 0.15) is 38.1 Å². The summed E-state index contributed by atoms with van der Waals surface area (Å²) >= 11 is 6.96. The maximum absolute atomic E-state index is 12.5. The van der Waals surface area contributed by atoms with Gasteiger partial charge in [-0.15, -0.1) is 0 Å². The molecule has 2 N–H and O–H groups in total. The molecule has 1 aromatic heterocycles. The van der Waals surface area contributed by atoms with E-state index in [1.54, 1.807) is 6.20 Å². The molecule has 0 radical (unpaired) electrons. The molecule has 0 saturated heterocycles. The summed E-state index contributed by atoms with van der Waals surface area (Å²) in [6.07, 6.45) is 1.77. The second-order valence-electron chi connectivity index (χ2n) is 6.20. The van der Waals surface area contributed by atoms with Crippen LogP contribution in [0.5, 0.6) is 0 Å². The van der Waals surface area contributed by atoms with E-state index in [0.717, 1.165) is 26.4 Å². The van der Waals surface area contributed by atoms with Gasteiger partial charge in [0.15, 0.2) is 0 Å². The normalized spacial score (nSPS) is 11.9. The van der Waals surface area contributed by atoms with Crippen LogP contribution in [-0.2, 0) is 0 Å². The molecule has 0 saturated carbocycles. The van der Waals surface area contributed by atoms with Crippen molar-refractivity contribution in [1.29, 1.82) is 0 Å². The van der Waals surface area contributed by atoms with Crippen LogP contribution in [-0.4, -0.2) is 41.0 Å². The number of carbonyl (C=O) groups is 1. The van der Waals surface area contributed by atoms with Crippen molar-refractivity contribution in [3.8, 4) is 0 Å². The number of hydrogen-bond acceptors (Lipinski definition) is 2. The molecule has 0 bridgehead atoms. The SMILES string of the molecule is CC(C)N(CCNC(=O)c1c[nH]c2cc(Br)c(Br)cc12)C(C)C. The van der Waals surface area contributed by atoms with Crippen molar-refractivity contribution < 1.29 is 4.79 Å². The molecule has 1 heterocycles. The molecular weight excluding hydrogens is 422 g/mol. The van der Waals surface area contributed by atoms with Crippen molar-refractivity contribution in [1.82, 2.24) is 15.2 Å². The van der Waals surface area contributed by atoms with Gasteiger partial charge in [0.2, 0.25) is 0 Å². The number of benzene rings is 1. The average Bonchev–Trinajstić information content (AvgIpc) is 2.85. The summed E-state index contributed by atoms with van der Waals surface area (Å²) in [7, 11) is 0. The first-order valence-electron chi connectivity index (χ1n) is 7.81. The number of nitrogens with zero attached hydrogens (tertiary/aromatic N) is 1. The molecule has 23 heavy (non-hydrogen) atoms. The van der Waals surface area contributed by atoms with Crippen LogP contribution < -0.4 is 5.32 Å². The Morgan fingerprint density at radius 3 is 2.39 bits per heavy atom. The summed E-state index contributed by atoms with van der Waals surface area (Å²) in [5.74, 6) is -0.0436. The fourth-order valence-corrected chi connectivity index (χ4v) is 3.50. The van der Waals surface area contributed by atoms with Crippen LogP contribution in [0.25, 0.3) is 10.9 Å². The highest BCUT2D eigenvalue weighted by molar-refractivity contribution is 9.13. The van der Waals surface area contributed by atoms with Crippen molar-refractivity contribution in [3.05, 3.63) is 32.8 Å². The maximum Gasteiger partial charge on any atom is 0.253 e. The number of aromatic amines is 1. The smallest absolute Gasteiger partial charge is 0.253 e. The molecule has 1 aromatic carbocycles. The van der Waals surface area contributed by atoms with E-state index in [0.29, 0.717) is 24.2 Å². The molecule has 126 valence electrons. The molecule has 2 rings (SSSR count). The molecule has 1 amide bonds. The van der Waals surface area contributed by atoms with E-state index in [1.165, 1.54) is 0 Å². The van der Waals surface area contributed by atoms with Gasteiger partial charge in [0.1, 0.15) is 0 Å². The van der Waals surface area contributed by atoms with Crippen molar-refractivity contribution in [2.75, 3.05) is 13.1 Å². The number of nitrogens with one attached hydrogen (secondary N) is 2. The molecule has 2 aromatic rings. The van der Waals surface area contributed by atoms with Gasteiger partial charge >= 0.3 is 0 Å². The van der Waals surface area contributed by atoms with Crippen molar-refractivity contribution in [2.24, 2.45) is 0 Å². The Labute approximate surface area is 154 Å². The summed E-state index contributed by atoms with van der Waals surface area (Å²) < 4.78 is 1.90. The largest absolute Gasteiger partial charge is 0.360 e. The fourth-order valence-electron chi connectivity index (χ4n) is 2.81. The predicted octanol–water partition coefficient (Wildman–Crippen LogP) is 4.54. The van der Waals surface area contributed by atoms with Crippen LogP contribution in [0.4, 0.5) is 0 Å². The van der Waals surface area contributed by atoms with E-state index in [4.69, 9.17) is 0 Å². The topological polar surface area (TPSA) is 48.1 Å². The molecule has 0 aliphatic rings. The quantitative estimate of drug-likeness (QED) is 0.686. The molecular formula is C17H23Br2N3O. The third-order valence-corrected chi connectivity index (χ3v) is 5.79. The lowest BCUT2D eigenvalue weighted by Gasteiger charge is -2.30. The first-order chi connectivity index (χ1) is 10.8. The van der Waals surface area contributed by atoms with E-state index >= 15 is 0 Å². The van der Waals surface area contributed by atoms with Gasteiger partial charge in [-0.2, -0.15) is 0 Å². The molecule has 0 fully saturated rings. The zero-order chi connectivity index (χ0) is 17.1. The molecule has 6 heteroatoms. The number of halogens is 2. The van der Waals surface area contributed by atoms with Crippen molar-refractivity contribution in [2.45, 2.75) is 39.8 Å². The third kappa shape index (κ3) is 4.37. The summed E-state index contributed by atoms with van der Waals surface area (Å²) in [5, 5.41) is 3.94. The number of hydrogen-bond donors (Lipinski definition) is 2. The molecule has 0 aliphatic carbocycles. The lowest BCUT2D eigenvalue weighted by Crippen LogP contribution is -2.42. The fraction of sp³-hybridized carbons (Fsp3) is 0.471. The van der Waals surface area contributed by atoms with Gasteiger partial charge in [0.25, 0.3) is 5.91 Å². The van der Waals surface area contributed by atoms with Crippen LogP contribution in [0.3, 0.4) is 0 Å². The van der Waals surface area contributed by atoms with Crippen LogP contribution >= 0.6 is 31.9 Å². The number of H-pyrrole nitrogens is 1.